The minimum atomic E-state index is 0.569. The largest absolute Gasteiger partial charge is 0.147 e. The average molecular weight is 115 g/mol. The van der Waals surface area contributed by atoms with E-state index in [9.17, 15) is 0 Å². The van der Waals surface area contributed by atoms with E-state index in [0.29, 0.717) is 5.25 Å². The average Bonchev–Trinajstić information content (AvgIpc) is 1.72. The predicted molar refractivity (Wildman–Crippen MR) is 35.2 cm³/mol. The van der Waals surface area contributed by atoms with Crippen LogP contribution in [0.5, 0.6) is 0 Å². The molecule has 0 aliphatic heterocycles. The number of hydrogen-bond acceptors (Lipinski definition) is 1. The number of rotatable bonds is 3. The lowest BCUT2D eigenvalue weighted by atomic mass is 10.3. The van der Waals surface area contributed by atoms with Crippen molar-refractivity contribution < 1.29 is 0 Å². The maximum atomic E-state index is 6.88. The van der Waals surface area contributed by atoms with Gasteiger partial charge in [0.1, 0.15) is 0 Å². The van der Waals surface area contributed by atoms with Gasteiger partial charge in [-0.1, -0.05) is 13.8 Å². The minimum Gasteiger partial charge on any atom is -0.147 e. The Morgan fingerprint density at radius 1 is 1.43 bits per heavy atom. The molecule has 1 heteroatoms. The Morgan fingerprint density at radius 3 is 1.86 bits per heavy atom. The Kier molecular flexibility index (Phi) is 4.73. The first-order valence-corrected chi connectivity index (χ1v) is 3.55. The lowest BCUT2D eigenvalue weighted by molar-refractivity contribution is 0.795. The molecule has 0 unspecified atom stereocenters. The van der Waals surface area contributed by atoms with Gasteiger partial charge in [-0.05, 0) is 12.8 Å². The highest BCUT2D eigenvalue weighted by molar-refractivity contribution is 8.01. The summed E-state index contributed by atoms with van der Waals surface area (Å²) in [6.07, 6.45) is 9.14. The maximum Gasteiger partial charge on any atom is 0.0689 e. The highest BCUT2D eigenvalue weighted by atomic mass is 32.2. The van der Waals surface area contributed by atoms with Crippen molar-refractivity contribution in [3.63, 3.8) is 0 Å². The Morgan fingerprint density at radius 2 is 1.86 bits per heavy atom. The molecule has 0 heterocycles. The lowest BCUT2D eigenvalue weighted by Crippen LogP contribution is -1.93. The van der Waals surface area contributed by atoms with Gasteiger partial charge in [0.25, 0.3) is 0 Å². The van der Waals surface area contributed by atoms with Crippen molar-refractivity contribution in [3.8, 4) is 0 Å². The van der Waals surface area contributed by atoms with Crippen LogP contribution in [0.1, 0.15) is 26.7 Å². The summed E-state index contributed by atoms with van der Waals surface area (Å²) in [5.41, 5.74) is 0. The van der Waals surface area contributed by atoms with Crippen LogP contribution in [0.2, 0.25) is 0 Å². The molecule has 41 valence electrons. The van der Waals surface area contributed by atoms with Crippen LogP contribution in [0.15, 0.2) is 0 Å². The molecule has 0 bridgehead atoms. The van der Waals surface area contributed by atoms with Crippen LogP contribution in [0.3, 0.4) is 0 Å². The normalized spacial score (nSPS) is 10.3. The van der Waals surface area contributed by atoms with Gasteiger partial charge in [-0.2, -0.15) is 0 Å². The molecule has 0 aromatic heterocycles. The van der Waals surface area contributed by atoms with E-state index in [2.05, 4.69) is 13.8 Å². The first-order valence-electron chi connectivity index (χ1n) is 2.67. The Labute approximate surface area is 50.7 Å². The molecule has 0 nitrogen and oxygen atoms in total. The Hall–Kier alpha value is 0.350. The van der Waals surface area contributed by atoms with E-state index in [1.807, 2.05) is 0 Å². The molecule has 0 aliphatic carbocycles. The summed E-state index contributed by atoms with van der Waals surface area (Å²) < 4.78 is 0. The second-order valence-corrected chi connectivity index (χ2v) is 2.46. The molecule has 0 atom stereocenters. The van der Waals surface area contributed by atoms with Gasteiger partial charge < -0.3 is 0 Å². The van der Waals surface area contributed by atoms with Crippen LogP contribution in [0.4, 0.5) is 0 Å². The fourth-order valence-corrected chi connectivity index (χ4v) is 0.789. The molecule has 0 N–H and O–H groups in total. The highest BCUT2D eigenvalue weighted by Crippen LogP contribution is 2.14. The molecule has 3 radical (unpaired) electrons. The van der Waals surface area contributed by atoms with Crippen LogP contribution in [-0.2, 0) is 0 Å². The molecule has 0 aromatic carbocycles. The fourth-order valence-electron chi connectivity index (χ4n) is 0.455. The minimum absolute atomic E-state index is 0.569. The molecular formula is C6H11S. The molecule has 7 heavy (non-hydrogen) atoms. The fraction of sp³-hybridized carbons (Fsp3) is 0.833. The van der Waals surface area contributed by atoms with Gasteiger partial charge in [0.05, 0.1) is 6.26 Å². The third kappa shape index (κ3) is 2.98. The summed E-state index contributed by atoms with van der Waals surface area (Å²) in [5.74, 6) is 0. The summed E-state index contributed by atoms with van der Waals surface area (Å²) in [6, 6.07) is 0. The maximum absolute atomic E-state index is 6.88. The summed E-state index contributed by atoms with van der Waals surface area (Å²) >= 11 is 1.22. The van der Waals surface area contributed by atoms with E-state index >= 15 is 0 Å². The summed E-state index contributed by atoms with van der Waals surface area (Å²) in [5, 5.41) is 0.569. The Balaban J connectivity index is 2.99. The Bertz CT molecular complexity index is 25.7. The van der Waals surface area contributed by atoms with Crippen molar-refractivity contribution in [1.82, 2.24) is 0 Å². The van der Waals surface area contributed by atoms with E-state index < -0.39 is 0 Å². The van der Waals surface area contributed by atoms with Crippen molar-refractivity contribution in [2.24, 2.45) is 0 Å². The molecule has 0 fully saturated rings. The van der Waals surface area contributed by atoms with Gasteiger partial charge in [0.15, 0.2) is 0 Å². The van der Waals surface area contributed by atoms with Crippen LogP contribution in [0.25, 0.3) is 0 Å². The molecule has 0 aromatic rings. The first-order chi connectivity index (χ1) is 3.35. The van der Waals surface area contributed by atoms with Gasteiger partial charge in [-0.3, -0.25) is 0 Å². The molecule has 0 saturated heterocycles. The molecule has 0 saturated carbocycles. The van der Waals surface area contributed by atoms with Crippen LogP contribution >= 0.6 is 11.8 Å². The van der Waals surface area contributed by atoms with Gasteiger partial charge >= 0.3 is 0 Å². The standard InChI is InChI=1S/C6H11S/c1-4-6(5-2)7-3/h6H,4-5H2,1-2H3. The van der Waals surface area contributed by atoms with Gasteiger partial charge in [0, 0.05) is 5.25 Å². The van der Waals surface area contributed by atoms with Crippen molar-refractivity contribution in [2.45, 2.75) is 31.9 Å². The molecule has 0 amide bonds. The smallest absolute Gasteiger partial charge is 0.0689 e. The molecule has 0 spiro atoms. The van der Waals surface area contributed by atoms with Crippen LogP contribution in [0, 0.1) is 6.26 Å². The lowest BCUT2D eigenvalue weighted by Gasteiger charge is -2.04. The number of hydrogen-bond donors (Lipinski definition) is 0. The highest BCUT2D eigenvalue weighted by Gasteiger charge is 1.96. The van der Waals surface area contributed by atoms with E-state index in [1.165, 1.54) is 11.8 Å². The molecular weight excluding hydrogens is 104 g/mol. The quantitative estimate of drug-likeness (QED) is 0.544. The topological polar surface area (TPSA) is 0 Å². The first kappa shape index (κ1) is 7.35. The predicted octanol–water partition coefficient (Wildman–Crippen LogP) is 2.45. The zero-order valence-corrected chi connectivity index (χ0v) is 5.72. The summed E-state index contributed by atoms with van der Waals surface area (Å²) in [7, 11) is 0. The van der Waals surface area contributed by atoms with Crippen molar-refractivity contribution in [1.29, 1.82) is 0 Å². The second-order valence-electron chi connectivity index (χ2n) is 1.56. The van der Waals surface area contributed by atoms with E-state index in [-0.39, 0.29) is 0 Å². The van der Waals surface area contributed by atoms with Crippen LogP contribution < -0.4 is 0 Å². The monoisotopic (exact) mass is 115 g/mol. The van der Waals surface area contributed by atoms with Gasteiger partial charge in [-0.25, -0.2) is 0 Å². The van der Waals surface area contributed by atoms with E-state index in [0.717, 1.165) is 12.8 Å². The van der Waals surface area contributed by atoms with Gasteiger partial charge in [-0.15, -0.1) is 11.8 Å². The molecule has 0 aliphatic rings. The second kappa shape index (κ2) is 4.51. The van der Waals surface area contributed by atoms with Crippen molar-refractivity contribution in [2.75, 3.05) is 0 Å². The van der Waals surface area contributed by atoms with Gasteiger partial charge in [0.2, 0.25) is 0 Å². The van der Waals surface area contributed by atoms with Crippen molar-refractivity contribution >= 4 is 11.8 Å². The molecule has 0 rings (SSSR count). The third-order valence-corrected chi connectivity index (χ3v) is 2.08. The zero-order valence-electron chi connectivity index (χ0n) is 4.90. The zero-order chi connectivity index (χ0) is 5.70. The van der Waals surface area contributed by atoms with E-state index in [1.54, 1.807) is 0 Å². The summed E-state index contributed by atoms with van der Waals surface area (Å²) in [4.78, 5) is 0. The van der Waals surface area contributed by atoms with Crippen LogP contribution in [-0.4, -0.2) is 5.25 Å². The number of thioether (sulfide) groups is 1. The third-order valence-electron chi connectivity index (χ3n) is 1.08. The van der Waals surface area contributed by atoms with E-state index in [4.69, 9.17) is 6.26 Å². The summed E-state index contributed by atoms with van der Waals surface area (Å²) in [6.45, 7) is 4.24. The van der Waals surface area contributed by atoms with Crippen molar-refractivity contribution in [3.05, 3.63) is 6.26 Å². The SMILES string of the molecule is [C]SC(CC)CC.